The fourth-order valence-electron chi connectivity index (χ4n) is 1.97. The molecule has 0 aliphatic rings. The maximum atomic E-state index is 5.77. The van der Waals surface area contributed by atoms with Crippen LogP contribution in [0, 0.1) is 6.92 Å². The normalized spacial score (nSPS) is 10.0. The van der Waals surface area contributed by atoms with Crippen molar-refractivity contribution in [2.45, 2.75) is 34.3 Å². The predicted molar refractivity (Wildman–Crippen MR) is 112 cm³/mol. The molecule has 0 saturated heterocycles. The molecule has 2 aromatic rings. The molecule has 0 saturated carbocycles. The Bertz CT molecular complexity index is 707. The summed E-state index contributed by atoms with van der Waals surface area (Å²) in [6.45, 7) is 16.8. The highest BCUT2D eigenvalue weighted by molar-refractivity contribution is 5.30. The maximum absolute atomic E-state index is 5.77. The monoisotopic (exact) mass is 350 g/mol. The highest BCUT2D eigenvalue weighted by Crippen LogP contribution is 2.17. The third-order valence-corrected chi connectivity index (χ3v) is 3.38. The van der Waals surface area contributed by atoms with Gasteiger partial charge < -0.3 is 9.47 Å². The highest BCUT2D eigenvalue weighted by atomic mass is 16.5. The first-order valence-corrected chi connectivity index (χ1v) is 8.95. The molecule has 0 aliphatic carbocycles. The Morgan fingerprint density at radius 1 is 0.846 bits per heavy atom. The molecule has 2 nitrogen and oxygen atoms in total. The zero-order valence-electron chi connectivity index (χ0n) is 16.4. The first-order chi connectivity index (χ1) is 12.5. The van der Waals surface area contributed by atoms with Crippen LogP contribution in [0.15, 0.2) is 85.0 Å². The SMILES string of the molecule is C=C(C)/C=C\C(=C)COc1ccc(COc2ccc(C)cc2)cc1.CC. The molecule has 0 spiro atoms. The molecule has 138 valence electrons. The molecule has 0 radical (unpaired) electrons. The summed E-state index contributed by atoms with van der Waals surface area (Å²) in [5.74, 6) is 1.69. The molecule has 0 aromatic heterocycles. The molecular weight excluding hydrogens is 320 g/mol. The van der Waals surface area contributed by atoms with Crippen LogP contribution in [0.25, 0.3) is 0 Å². The first-order valence-electron chi connectivity index (χ1n) is 8.95. The molecule has 2 heteroatoms. The Morgan fingerprint density at radius 3 is 1.96 bits per heavy atom. The van der Waals surface area contributed by atoms with E-state index in [0.717, 1.165) is 28.2 Å². The van der Waals surface area contributed by atoms with Crippen LogP contribution in [0.5, 0.6) is 11.5 Å². The van der Waals surface area contributed by atoms with Crippen molar-refractivity contribution >= 4 is 0 Å². The molecule has 26 heavy (non-hydrogen) atoms. The van der Waals surface area contributed by atoms with Gasteiger partial charge in [0.05, 0.1) is 0 Å². The zero-order valence-corrected chi connectivity index (χ0v) is 16.4. The minimum absolute atomic E-state index is 0.461. The molecular formula is C24H30O2. The van der Waals surface area contributed by atoms with Crippen LogP contribution in [0.1, 0.15) is 31.9 Å². The van der Waals surface area contributed by atoms with Gasteiger partial charge in [0.2, 0.25) is 0 Å². The van der Waals surface area contributed by atoms with Crippen molar-refractivity contribution in [1.29, 1.82) is 0 Å². The molecule has 0 atom stereocenters. The van der Waals surface area contributed by atoms with Gasteiger partial charge in [-0.25, -0.2) is 0 Å². The number of rotatable bonds is 8. The molecule has 0 aliphatic heterocycles. The van der Waals surface area contributed by atoms with Crippen molar-refractivity contribution in [2.75, 3.05) is 6.61 Å². The van der Waals surface area contributed by atoms with Gasteiger partial charge in [-0.1, -0.05) is 74.6 Å². The second-order valence-electron chi connectivity index (χ2n) is 5.87. The highest BCUT2D eigenvalue weighted by Gasteiger charge is 1.99. The lowest BCUT2D eigenvalue weighted by atomic mass is 10.2. The number of benzene rings is 2. The molecule has 0 amide bonds. The molecule has 2 aromatic carbocycles. The van der Waals surface area contributed by atoms with Gasteiger partial charge in [-0.15, -0.1) is 0 Å². The van der Waals surface area contributed by atoms with Crippen molar-refractivity contribution < 1.29 is 9.47 Å². The van der Waals surface area contributed by atoms with Gasteiger partial charge in [-0.2, -0.15) is 0 Å². The summed E-state index contributed by atoms with van der Waals surface area (Å²) in [5.41, 5.74) is 4.23. The van der Waals surface area contributed by atoms with Crippen molar-refractivity contribution in [1.82, 2.24) is 0 Å². The predicted octanol–water partition coefficient (Wildman–Crippen LogP) is 6.67. The van der Waals surface area contributed by atoms with Crippen LogP contribution in [0.2, 0.25) is 0 Å². The average Bonchev–Trinajstić information content (AvgIpc) is 2.66. The Hall–Kier alpha value is -2.74. The fraction of sp³-hybridized carbons (Fsp3) is 0.250. The lowest BCUT2D eigenvalue weighted by Crippen LogP contribution is -1.99. The van der Waals surface area contributed by atoms with Crippen LogP contribution in [0.3, 0.4) is 0 Å². The van der Waals surface area contributed by atoms with Crippen LogP contribution in [-0.4, -0.2) is 6.61 Å². The Morgan fingerprint density at radius 2 is 1.38 bits per heavy atom. The van der Waals surface area contributed by atoms with Crippen molar-refractivity contribution in [3.63, 3.8) is 0 Å². The van der Waals surface area contributed by atoms with Crippen LogP contribution in [-0.2, 0) is 6.61 Å². The molecule has 0 fully saturated rings. The third-order valence-electron chi connectivity index (χ3n) is 3.38. The molecule has 0 unspecified atom stereocenters. The van der Waals surface area contributed by atoms with E-state index in [-0.39, 0.29) is 0 Å². The number of hydrogen-bond donors (Lipinski definition) is 0. The molecule has 0 N–H and O–H groups in total. The van der Waals surface area contributed by atoms with Crippen LogP contribution < -0.4 is 9.47 Å². The average molecular weight is 351 g/mol. The van der Waals surface area contributed by atoms with Gasteiger partial charge in [0, 0.05) is 0 Å². The number of ether oxygens (including phenoxy) is 2. The van der Waals surface area contributed by atoms with E-state index in [2.05, 4.69) is 20.1 Å². The molecule has 0 heterocycles. The first kappa shape index (κ1) is 21.3. The topological polar surface area (TPSA) is 18.5 Å². The Kier molecular flexibility index (Phi) is 9.63. The van der Waals surface area contributed by atoms with E-state index in [0.29, 0.717) is 13.2 Å². The second-order valence-corrected chi connectivity index (χ2v) is 5.87. The quantitative estimate of drug-likeness (QED) is 0.495. The van der Waals surface area contributed by atoms with Crippen molar-refractivity contribution in [2.24, 2.45) is 0 Å². The fourth-order valence-corrected chi connectivity index (χ4v) is 1.97. The number of aryl methyl sites for hydroxylation is 1. The van der Waals surface area contributed by atoms with Gasteiger partial charge >= 0.3 is 0 Å². The lowest BCUT2D eigenvalue weighted by Gasteiger charge is -2.09. The number of hydrogen-bond acceptors (Lipinski definition) is 2. The zero-order chi connectivity index (χ0) is 19.4. The standard InChI is InChI=1S/C22H24O2.C2H6/c1-17(2)5-6-19(4)15-23-22-13-9-20(10-14-22)16-24-21-11-7-18(3)8-12-21;1-2/h5-14H,1,4,15-16H2,2-3H3;1-2H3/b6-5-;. The van der Waals surface area contributed by atoms with Gasteiger partial charge in [-0.05, 0) is 49.2 Å². The van der Waals surface area contributed by atoms with Crippen LogP contribution in [0.4, 0.5) is 0 Å². The summed E-state index contributed by atoms with van der Waals surface area (Å²) >= 11 is 0. The van der Waals surface area contributed by atoms with E-state index in [1.807, 2.05) is 81.5 Å². The van der Waals surface area contributed by atoms with E-state index in [4.69, 9.17) is 9.47 Å². The summed E-state index contributed by atoms with van der Waals surface area (Å²) in [6, 6.07) is 16.0. The third kappa shape index (κ3) is 8.39. The van der Waals surface area contributed by atoms with Gasteiger partial charge in [0.25, 0.3) is 0 Å². The van der Waals surface area contributed by atoms with Gasteiger partial charge in [0.15, 0.2) is 0 Å². The Labute approximate surface area is 158 Å². The number of allylic oxidation sites excluding steroid dienone is 2. The summed E-state index contributed by atoms with van der Waals surface area (Å²) in [6.07, 6.45) is 3.85. The largest absolute Gasteiger partial charge is 0.489 e. The second kappa shape index (κ2) is 11.8. The maximum Gasteiger partial charge on any atom is 0.119 e. The summed E-state index contributed by atoms with van der Waals surface area (Å²) in [5, 5.41) is 0. The van der Waals surface area contributed by atoms with Crippen molar-refractivity contribution in [3.8, 4) is 11.5 Å². The van der Waals surface area contributed by atoms with Gasteiger partial charge in [-0.3, -0.25) is 0 Å². The summed E-state index contributed by atoms with van der Waals surface area (Å²) < 4.78 is 11.5. The Balaban J connectivity index is 0.00000163. The van der Waals surface area contributed by atoms with E-state index in [9.17, 15) is 0 Å². The minimum atomic E-state index is 0.461. The minimum Gasteiger partial charge on any atom is -0.489 e. The van der Waals surface area contributed by atoms with Gasteiger partial charge in [0.1, 0.15) is 24.7 Å². The summed E-state index contributed by atoms with van der Waals surface area (Å²) in [4.78, 5) is 0. The lowest BCUT2D eigenvalue weighted by molar-refractivity contribution is 0.305. The van der Waals surface area contributed by atoms with E-state index in [1.165, 1.54) is 5.56 Å². The summed E-state index contributed by atoms with van der Waals surface area (Å²) in [7, 11) is 0. The molecule has 2 rings (SSSR count). The van der Waals surface area contributed by atoms with Crippen molar-refractivity contribution in [3.05, 3.63) is 96.1 Å². The van der Waals surface area contributed by atoms with Crippen LogP contribution >= 0.6 is 0 Å². The van der Waals surface area contributed by atoms with E-state index in [1.54, 1.807) is 0 Å². The van der Waals surface area contributed by atoms with E-state index >= 15 is 0 Å². The van der Waals surface area contributed by atoms with E-state index < -0.39 is 0 Å². The smallest absolute Gasteiger partial charge is 0.119 e. The molecule has 0 bridgehead atoms.